The third kappa shape index (κ3) is 5.70. The van der Waals surface area contributed by atoms with E-state index in [0.717, 1.165) is 13.1 Å². The molecule has 0 radical (unpaired) electrons. The number of carbonyl (C=O) groups is 2. The summed E-state index contributed by atoms with van der Waals surface area (Å²) >= 11 is 0. The fourth-order valence-corrected chi connectivity index (χ4v) is 1.37. The Hall–Kier alpha value is -1.10. The minimum atomic E-state index is -0.248. The SMILES string of the molecule is CCN(CC)C(=O)CN(C)CCC(=O)OC. The summed E-state index contributed by atoms with van der Waals surface area (Å²) in [4.78, 5) is 26.2. The van der Waals surface area contributed by atoms with Gasteiger partial charge in [0.2, 0.25) is 5.91 Å². The van der Waals surface area contributed by atoms with E-state index < -0.39 is 0 Å². The third-order valence-electron chi connectivity index (χ3n) is 2.45. The highest BCUT2D eigenvalue weighted by molar-refractivity contribution is 5.78. The quantitative estimate of drug-likeness (QED) is 0.592. The highest BCUT2D eigenvalue weighted by atomic mass is 16.5. The molecule has 0 aliphatic heterocycles. The first-order valence-corrected chi connectivity index (χ1v) is 5.58. The molecule has 5 heteroatoms. The Bertz CT molecular complexity index is 227. The summed E-state index contributed by atoms with van der Waals surface area (Å²) in [5.74, 6) is -0.153. The monoisotopic (exact) mass is 230 g/mol. The topological polar surface area (TPSA) is 49.9 Å². The van der Waals surface area contributed by atoms with Gasteiger partial charge in [0.05, 0.1) is 20.1 Å². The van der Waals surface area contributed by atoms with Crippen LogP contribution in [0.2, 0.25) is 0 Å². The van der Waals surface area contributed by atoms with Crippen molar-refractivity contribution in [1.82, 2.24) is 9.80 Å². The Kier molecular flexibility index (Phi) is 7.54. The third-order valence-corrected chi connectivity index (χ3v) is 2.45. The summed E-state index contributed by atoms with van der Waals surface area (Å²) in [5, 5.41) is 0. The average molecular weight is 230 g/mol. The molecule has 0 N–H and O–H groups in total. The summed E-state index contributed by atoms with van der Waals surface area (Å²) in [6.45, 7) is 6.24. The predicted molar refractivity (Wildman–Crippen MR) is 62.1 cm³/mol. The van der Waals surface area contributed by atoms with Crippen LogP contribution >= 0.6 is 0 Å². The van der Waals surface area contributed by atoms with Gasteiger partial charge in [-0.1, -0.05) is 0 Å². The van der Waals surface area contributed by atoms with Gasteiger partial charge in [-0.2, -0.15) is 0 Å². The maximum atomic E-state index is 11.7. The molecule has 1 amide bonds. The fourth-order valence-electron chi connectivity index (χ4n) is 1.37. The molecule has 0 aliphatic carbocycles. The van der Waals surface area contributed by atoms with Crippen molar-refractivity contribution in [3.63, 3.8) is 0 Å². The van der Waals surface area contributed by atoms with Gasteiger partial charge < -0.3 is 9.64 Å². The summed E-state index contributed by atoms with van der Waals surface area (Å²) in [7, 11) is 3.19. The molecule has 94 valence electrons. The number of hydrogen-bond donors (Lipinski definition) is 0. The van der Waals surface area contributed by atoms with Crippen LogP contribution in [-0.2, 0) is 14.3 Å². The second-order valence-electron chi connectivity index (χ2n) is 3.63. The number of rotatable bonds is 7. The number of likely N-dealkylation sites (N-methyl/N-ethyl adjacent to an activating group) is 2. The van der Waals surface area contributed by atoms with E-state index in [-0.39, 0.29) is 11.9 Å². The lowest BCUT2D eigenvalue weighted by atomic mass is 10.3. The van der Waals surface area contributed by atoms with Crippen LogP contribution in [0.3, 0.4) is 0 Å². The Morgan fingerprint density at radius 2 is 1.75 bits per heavy atom. The van der Waals surface area contributed by atoms with Gasteiger partial charge >= 0.3 is 5.97 Å². The molecule has 0 heterocycles. The van der Waals surface area contributed by atoms with Gasteiger partial charge in [0.1, 0.15) is 0 Å². The van der Waals surface area contributed by atoms with E-state index in [2.05, 4.69) is 4.74 Å². The highest BCUT2D eigenvalue weighted by Gasteiger charge is 2.12. The lowest BCUT2D eigenvalue weighted by Crippen LogP contribution is -2.39. The molecule has 0 rings (SSSR count). The summed E-state index contributed by atoms with van der Waals surface area (Å²) < 4.78 is 4.53. The van der Waals surface area contributed by atoms with Crippen LogP contribution in [0.1, 0.15) is 20.3 Å². The molecule has 0 spiro atoms. The van der Waals surface area contributed by atoms with Crippen LogP contribution in [0.4, 0.5) is 0 Å². The first kappa shape index (κ1) is 14.9. The van der Waals surface area contributed by atoms with E-state index >= 15 is 0 Å². The summed E-state index contributed by atoms with van der Waals surface area (Å²) in [5.41, 5.74) is 0. The van der Waals surface area contributed by atoms with E-state index in [9.17, 15) is 9.59 Å². The van der Waals surface area contributed by atoms with Gasteiger partial charge in [-0.25, -0.2) is 0 Å². The number of amides is 1. The Morgan fingerprint density at radius 3 is 2.19 bits per heavy atom. The van der Waals surface area contributed by atoms with E-state index in [1.54, 1.807) is 4.90 Å². The van der Waals surface area contributed by atoms with Crippen molar-refractivity contribution in [2.24, 2.45) is 0 Å². The Balaban J connectivity index is 3.90. The van der Waals surface area contributed by atoms with Crippen molar-refractivity contribution < 1.29 is 14.3 Å². The molecule has 0 aromatic rings. The van der Waals surface area contributed by atoms with Crippen molar-refractivity contribution in [2.75, 3.05) is 40.3 Å². The minimum Gasteiger partial charge on any atom is -0.469 e. The van der Waals surface area contributed by atoms with Crippen molar-refractivity contribution in [3.05, 3.63) is 0 Å². The van der Waals surface area contributed by atoms with Crippen molar-refractivity contribution in [1.29, 1.82) is 0 Å². The minimum absolute atomic E-state index is 0.0948. The second-order valence-corrected chi connectivity index (χ2v) is 3.63. The van der Waals surface area contributed by atoms with Crippen molar-refractivity contribution in [2.45, 2.75) is 20.3 Å². The van der Waals surface area contributed by atoms with Crippen LogP contribution in [0.25, 0.3) is 0 Å². The molecule has 0 aromatic carbocycles. The number of hydrogen-bond acceptors (Lipinski definition) is 4. The fraction of sp³-hybridized carbons (Fsp3) is 0.818. The Morgan fingerprint density at radius 1 is 1.19 bits per heavy atom. The molecule has 16 heavy (non-hydrogen) atoms. The number of esters is 1. The highest BCUT2D eigenvalue weighted by Crippen LogP contribution is 1.94. The van der Waals surface area contributed by atoms with Gasteiger partial charge in [0, 0.05) is 19.6 Å². The largest absolute Gasteiger partial charge is 0.469 e. The summed E-state index contributed by atoms with van der Waals surface area (Å²) in [6.07, 6.45) is 0.318. The second kappa shape index (κ2) is 8.10. The van der Waals surface area contributed by atoms with Crippen LogP contribution < -0.4 is 0 Å². The van der Waals surface area contributed by atoms with Gasteiger partial charge in [-0.05, 0) is 20.9 Å². The van der Waals surface area contributed by atoms with Gasteiger partial charge in [-0.15, -0.1) is 0 Å². The van der Waals surface area contributed by atoms with Gasteiger partial charge in [-0.3, -0.25) is 14.5 Å². The molecular formula is C11H22N2O3. The van der Waals surface area contributed by atoms with Gasteiger partial charge in [0.15, 0.2) is 0 Å². The Labute approximate surface area is 97.3 Å². The number of nitrogens with zero attached hydrogens (tertiary/aromatic N) is 2. The molecule has 0 atom stereocenters. The van der Waals surface area contributed by atoms with Crippen LogP contribution in [-0.4, -0.2) is 62.0 Å². The molecule has 0 unspecified atom stereocenters. The standard InChI is InChI=1S/C11H22N2O3/c1-5-13(6-2)10(14)9-12(3)8-7-11(15)16-4/h5-9H2,1-4H3. The van der Waals surface area contributed by atoms with E-state index in [1.165, 1.54) is 7.11 Å². The van der Waals surface area contributed by atoms with Crippen LogP contribution in [0, 0.1) is 0 Å². The average Bonchev–Trinajstić information content (AvgIpc) is 2.27. The van der Waals surface area contributed by atoms with Crippen molar-refractivity contribution >= 4 is 11.9 Å². The first-order chi connectivity index (χ1) is 7.54. The number of methoxy groups -OCH3 is 1. The number of carbonyl (C=O) groups excluding carboxylic acids is 2. The maximum absolute atomic E-state index is 11.7. The zero-order valence-electron chi connectivity index (χ0n) is 10.7. The lowest BCUT2D eigenvalue weighted by Gasteiger charge is -2.22. The zero-order chi connectivity index (χ0) is 12.6. The smallest absolute Gasteiger partial charge is 0.306 e. The molecule has 5 nitrogen and oxygen atoms in total. The van der Waals surface area contributed by atoms with Crippen LogP contribution in [0.5, 0.6) is 0 Å². The summed E-state index contributed by atoms with van der Waals surface area (Å²) in [6, 6.07) is 0. The van der Waals surface area contributed by atoms with Crippen LogP contribution in [0.15, 0.2) is 0 Å². The van der Waals surface area contributed by atoms with E-state index in [4.69, 9.17) is 0 Å². The van der Waals surface area contributed by atoms with Gasteiger partial charge in [0.25, 0.3) is 0 Å². The van der Waals surface area contributed by atoms with Crippen molar-refractivity contribution in [3.8, 4) is 0 Å². The molecule has 0 bridgehead atoms. The predicted octanol–water partition coefficient (Wildman–Crippen LogP) is 0.350. The molecule has 0 aliphatic rings. The van der Waals surface area contributed by atoms with E-state index in [0.29, 0.717) is 19.5 Å². The molecule has 0 saturated carbocycles. The zero-order valence-corrected chi connectivity index (χ0v) is 10.7. The van der Waals surface area contributed by atoms with E-state index in [1.807, 2.05) is 25.8 Å². The number of ether oxygens (including phenoxy) is 1. The molecule has 0 fully saturated rings. The maximum Gasteiger partial charge on any atom is 0.306 e. The lowest BCUT2D eigenvalue weighted by molar-refractivity contribution is -0.141. The molecule has 0 aromatic heterocycles. The molecule has 0 saturated heterocycles. The normalized spacial score (nSPS) is 10.3. The first-order valence-electron chi connectivity index (χ1n) is 5.58. The molecular weight excluding hydrogens is 208 g/mol.